The fourth-order valence-corrected chi connectivity index (χ4v) is 3.26. The Balaban J connectivity index is 1.60. The summed E-state index contributed by atoms with van der Waals surface area (Å²) in [6.07, 6.45) is 8.33. The zero-order valence-corrected chi connectivity index (χ0v) is 12.3. The molecule has 2 unspecified atom stereocenters. The lowest BCUT2D eigenvalue weighted by Gasteiger charge is -2.35. The van der Waals surface area contributed by atoms with Crippen molar-refractivity contribution in [3.63, 3.8) is 0 Å². The Morgan fingerprint density at radius 3 is 2.44 bits per heavy atom. The van der Waals surface area contributed by atoms with Gasteiger partial charge < -0.3 is 15.1 Å². The Bertz CT molecular complexity index is 224. The summed E-state index contributed by atoms with van der Waals surface area (Å²) in [5.74, 6) is 0. The first-order valence-electron chi connectivity index (χ1n) is 7.91. The summed E-state index contributed by atoms with van der Waals surface area (Å²) >= 11 is 0. The lowest BCUT2D eigenvalue weighted by Crippen LogP contribution is -2.47. The molecule has 0 aromatic carbocycles. The van der Waals surface area contributed by atoms with Gasteiger partial charge in [-0.2, -0.15) is 0 Å². The molecule has 0 bridgehead atoms. The normalized spacial score (nSPS) is 32.3. The van der Waals surface area contributed by atoms with Crippen LogP contribution in [0, 0.1) is 0 Å². The van der Waals surface area contributed by atoms with Gasteiger partial charge in [0.2, 0.25) is 0 Å². The van der Waals surface area contributed by atoms with E-state index in [0.29, 0.717) is 0 Å². The SMILES string of the molecule is CC1CC(NCCN2CCCCCC2)CCN1C. The molecule has 2 saturated heterocycles. The Hall–Kier alpha value is -0.120. The van der Waals surface area contributed by atoms with Crippen LogP contribution >= 0.6 is 0 Å². The highest BCUT2D eigenvalue weighted by atomic mass is 15.2. The fraction of sp³-hybridized carbons (Fsp3) is 1.00. The number of nitrogens with zero attached hydrogens (tertiary/aromatic N) is 2. The van der Waals surface area contributed by atoms with Gasteiger partial charge in [-0.05, 0) is 59.3 Å². The molecular weight excluding hydrogens is 222 g/mol. The van der Waals surface area contributed by atoms with E-state index in [1.165, 1.54) is 71.2 Å². The highest BCUT2D eigenvalue weighted by Crippen LogP contribution is 2.15. The van der Waals surface area contributed by atoms with Crippen LogP contribution in [0.3, 0.4) is 0 Å². The van der Waals surface area contributed by atoms with Crippen molar-refractivity contribution < 1.29 is 0 Å². The second-order valence-electron chi connectivity index (χ2n) is 6.26. The molecule has 3 nitrogen and oxygen atoms in total. The summed E-state index contributed by atoms with van der Waals surface area (Å²) in [5.41, 5.74) is 0. The number of nitrogens with one attached hydrogen (secondary N) is 1. The Morgan fingerprint density at radius 2 is 1.78 bits per heavy atom. The molecule has 18 heavy (non-hydrogen) atoms. The van der Waals surface area contributed by atoms with Crippen molar-refractivity contribution >= 4 is 0 Å². The van der Waals surface area contributed by atoms with Crippen molar-refractivity contribution in [2.24, 2.45) is 0 Å². The van der Waals surface area contributed by atoms with E-state index in [1.54, 1.807) is 0 Å². The van der Waals surface area contributed by atoms with E-state index in [0.717, 1.165) is 12.1 Å². The van der Waals surface area contributed by atoms with Gasteiger partial charge in [0.15, 0.2) is 0 Å². The van der Waals surface area contributed by atoms with Crippen LogP contribution in [0.2, 0.25) is 0 Å². The number of likely N-dealkylation sites (tertiary alicyclic amines) is 2. The van der Waals surface area contributed by atoms with Gasteiger partial charge in [0.05, 0.1) is 0 Å². The number of piperidine rings is 1. The minimum atomic E-state index is 0.745. The van der Waals surface area contributed by atoms with Gasteiger partial charge >= 0.3 is 0 Å². The van der Waals surface area contributed by atoms with E-state index in [1.807, 2.05) is 0 Å². The maximum Gasteiger partial charge on any atom is 0.0107 e. The second kappa shape index (κ2) is 7.46. The largest absolute Gasteiger partial charge is 0.313 e. The fourth-order valence-electron chi connectivity index (χ4n) is 3.26. The molecule has 0 radical (unpaired) electrons. The van der Waals surface area contributed by atoms with E-state index in [4.69, 9.17) is 0 Å². The van der Waals surface area contributed by atoms with Crippen molar-refractivity contribution in [2.75, 3.05) is 39.8 Å². The highest BCUT2D eigenvalue weighted by Gasteiger charge is 2.22. The third-order valence-corrected chi connectivity index (χ3v) is 4.77. The summed E-state index contributed by atoms with van der Waals surface area (Å²) in [7, 11) is 2.25. The van der Waals surface area contributed by atoms with E-state index < -0.39 is 0 Å². The van der Waals surface area contributed by atoms with Gasteiger partial charge in [0.1, 0.15) is 0 Å². The third-order valence-electron chi connectivity index (χ3n) is 4.77. The molecule has 106 valence electrons. The molecule has 2 aliphatic heterocycles. The summed E-state index contributed by atoms with van der Waals surface area (Å²) in [6.45, 7) is 8.68. The number of rotatable bonds is 4. The lowest BCUT2D eigenvalue weighted by atomic mass is 9.99. The van der Waals surface area contributed by atoms with Crippen LogP contribution in [0.4, 0.5) is 0 Å². The zero-order chi connectivity index (χ0) is 12.8. The topological polar surface area (TPSA) is 18.5 Å². The van der Waals surface area contributed by atoms with Crippen LogP contribution in [-0.4, -0.2) is 61.7 Å². The third kappa shape index (κ3) is 4.52. The van der Waals surface area contributed by atoms with Gasteiger partial charge in [0, 0.05) is 25.2 Å². The number of hydrogen-bond acceptors (Lipinski definition) is 3. The average molecular weight is 253 g/mol. The molecule has 0 saturated carbocycles. The molecule has 0 spiro atoms. The van der Waals surface area contributed by atoms with E-state index in [9.17, 15) is 0 Å². The van der Waals surface area contributed by atoms with Crippen molar-refractivity contribution in [2.45, 2.75) is 57.5 Å². The molecule has 2 fully saturated rings. The molecule has 1 N–H and O–H groups in total. The maximum absolute atomic E-state index is 3.77. The molecule has 2 aliphatic rings. The van der Waals surface area contributed by atoms with E-state index >= 15 is 0 Å². The average Bonchev–Trinajstić information content (AvgIpc) is 2.62. The van der Waals surface area contributed by atoms with Crippen molar-refractivity contribution in [1.82, 2.24) is 15.1 Å². The molecule has 0 aromatic heterocycles. The standard InChI is InChI=1S/C15H31N3/c1-14-13-15(7-11-17(14)2)16-8-12-18-9-5-3-4-6-10-18/h14-16H,3-13H2,1-2H3. The first-order valence-corrected chi connectivity index (χ1v) is 7.91. The van der Waals surface area contributed by atoms with Crippen LogP contribution in [0.5, 0.6) is 0 Å². The smallest absolute Gasteiger partial charge is 0.0107 e. The molecule has 2 atom stereocenters. The summed E-state index contributed by atoms with van der Waals surface area (Å²) in [6, 6.07) is 1.50. The lowest BCUT2D eigenvalue weighted by molar-refractivity contribution is 0.165. The molecule has 0 aromatic rings. The van der Waals surface area contributed by atoms with Crippen molar-refractivity contribution in [1.29, 1.82) is 0 Å². The molecule has 3 heteroatoms. The van der Waals surface area contributed by atoms with Gasteiger partial charge in [-0.25, -0.2) is 0 Å². The molecule has 2 heterocycles. The molecule has 0 aliphatic carbocycles. The van der Waals surface area contributed by atoms with Gasteiger partial charge in [-0.3, -0.25) is 0 Å². The summed E-state index contributed by atoms with van der Waals surface area (Å²) < 4.78 is 0. The minimum absolute atomic E-state index is 0.745. The second-order valence-corrected chi connectivity index (χ2v) is 6.26. The van der Waals surface area contributed by atoms with Crippen molar-refractivity contribution in [3.05, 3.63) is 0 Å². The monoisotopic (exact) mass is 253 g/mol. The first kappa shape index (κ1) is 14.3. The van der Waals surface area contributed by atoms with E-state index in [2.05, 4.69) is 29.1 Å². The summed E-state index contributed by atoms with van der Waals surface area (Å²) in [4.78, 5) is 5.13. The van der Waals surface area contributed by atoms with Crippen LogP contribution in [-0.2, 0) is 0 Å². The molecular formula is C15H31N3. The zero-order valence-electron chi connectivity index (χ0n) is 12.3. The maximum atomic E-state index is 3.77. The van der Waals surface area contributed by atoms with Gasteiger partial charge in [-0.15, -0.1) is 0 Å². The highest BCUT2D eigenvalue weighted by molar-refractivity contribution is 4.81. The van der Waals surface area contributed by atoms with Crippen molar-refractivity contribution in [3.8, 4) is 0 Å². The molecule has 0 amide bonds. The predicted octanol–water partition coefficient (Wildman–Crippen LogP) is 1.93. The Morgan fingerprint density at radius 1 is 1.06 bits per heavy atom. The predicted molar refractivity (Wildman–Crippen MR) is 78.0 cm³/mol. The Kier molecular flexibility index (Phi) is 5.93. The molecule has 2 rings (SSSR count). The Labute approximate surface area is 113 Å². The summed E-state index contributed by atoms with van der Waals surface area (Å²) in [5, 5.41) is 3.77. The van der Waals surface area contributed by atoms with E-state index in [-0.39, 0.29) is 0 Å². The van der Waals surface area contributed by atoms with Gasteiger partial charge in [-0.1, -0.05) is 12.8 Å². The van der Waals surface area contributed by atoms with Gasteiger partial charge in [0.25, 0.3) is 0 Å². The van der Waals surface area contributed by atoms with Crippen LogP contribution in [0.25, 0.3) is 0 Å². The number of hydrogen-bond donors (Lipinski definition) is 1. The van der Waals surface area contributed by atoms with Crippen LogP contribution in [0.1, 0.15) is 45.4 Å². The first-order chi connectivity index (χ1) is 8.75. The van der Waals surface area contributed by atoms with Crippen LogP contribution in [0.15, 0.2) is 0 Å². The minimum Gasteiger partial charge on any atom is -0.313 e. The quantitative estimate of drug-likeness (QED) is 0.826. The van der Waals surface area contributed by atoms with Crippen LogP contribution < -0.4 is 5.32 Å².